The van der Waals surface area contributed by atoms with Crippen molar-refractivity contribution in [2.45, 2.75) is 26.2 Å². The van der Waals surface area contributed by atoms with Crippen LogP contribution >= 0.6 is 11.6 Å². The molecule has 0 spiro atoms. The molecule has 128 valence electrons. The lowest BCUT2D eigenvalue weighted by Crippen LogP contribution is -2.14. The van der Waals surface area contributed by atoms with Gasteiger partial charge in [0.1, 0.15) is 5.75 Å². The number of benzene rings is 1. The molecular weight excluding hydrogens is 328 g/mol. The van der Waals surface area contributed by atoms with E-state index in [-0.39, 0.29) is 5.91 Å². The van der Waals surface area contributed by atoms with Crippen LogP contribution in [0.3, 0.4) is 0 Å². The number of hydrogen-bond acceptors (Lipinski definition) is 5. The maximum absolute atomic E-state index is 12.3. The van der Waals surface area contributed by atoms with Crippen molar-refractivity contribution in [3.63, 3.8) is 0 Å². The van der Waals surface area contributed by atoms with Crippen LogP contribution in [0.5, 0.6) is 5.75 Å². The minimum atomic E-state index is -0.326. The third-order valence-electron chi connectivity index (χ3n) is 3.39. The summed E-state index contributed by atoms with van der Waals surface area (Å²) in [6, 6.07) is 5.01. The molecule has 24 heavy (non-hydrogen) atoms. The van der Waals surface area contributed by atoms with Crippen molar-refractivity contribution in [2.24, 2.45) is 0 Å². The van der Waals surface area contributed by atoms with Crippen molar-refractivity contribution in [1.29, 1.82) is 0 Å². The summed E-state index contributed by atoms with van der Waals surface area (Å²) in [7, 11) is 1.53. The van der Waals surface area contributed by atoms with Crippen LogP contribution in [0.2, 0.25) is 5.02 Å². The molecule has 0 saturated carbocycles. The van der Waals surface area contributed by atoms with E-state index in [1.807, 2.05) is 0 Å². The van der Waals surface area contributed by atoms with E-state index in [1.165, 1.54) is 19.5 Å². The monoisotopic (exact) mass is 348 g/mol. The van der Waals surface area contributed by atoms with Crippen LogP contribution in [-0.2, 0) is 0 Å². The summed E-state index contributed by atoms with van der Waals surface area (Å²) in [6.45, 7) is 2.97. The number of methoxy groups -OCH3 is 1. The molecule has 2 aromatic rings. The molecular formula is C17H21ClN4O2. The number of halogens is 1. The topological polar surface area (TPSA) is 76.1 Å². The molecule has 6 nitrogen and oxygen atoms in total. The summed E-state index contributed by atoms with van der Waals surface area (Å²) in [5, 5.41) is 6.39. The van der Waals surface area contributed by atoms with E-state index >= 15 is 0 Å². The average Bonchev–Trinajstić information content (AvgIpc) is 2.59. The summed E-state index contributed by atoms with van der Waals surface area (Å²) in [5.74, 6) is 0.721. The number of carbonyl (C=O) groups is 1. The van der Waals surface area contributed by atoms with Gasteiger partial charge in [-0.25, -0.2) is 9.97 Å². The number of anilines is 2. The van der Waals surface area contributed by atoms with Crippen LogP contribution in [0.25, 0.3) is 0 Å². The Labute approximate surface area is 146 Å². The van der Waals surface area contributed by atoms with Crippen LogP contribution in [0.15, 0.2) is 30.6 Å². The second kappa shape index (κ2) is 9.08. The molecule has 0 bridgehead atoms. The Kier molecular flexibility index (Phi) is 6.81. The van der Waals surface area contributed by atoms with E-state index in [1.54, 1.807) is 18.2 Å². The summed E-state index contributed by atoms with van der Waals surface area (Å²) in [4.78, 5) is 20.6. The second-order valence-corrected chi connectivity index (χ2v) is 5.66. The van der Waals surface area contributed by atoms with Crippen LogP contribution in [-0.4, -0.2) is 29.5 Å². The van der Waals surface area contributed by atoms with Gasteiger partial charge in [0.15, 0.2) is 0 Å². The first-order valence-corrected chi connectivity index (χ1v) is 8.22. The van der Waals surface area contributed by atoms with E-state index in [9.17, 15) is 4.79 Å². The fraction of sp³-hybridized carbons (Fsp3) is 0.353. The first-order chi connectivity index (χ1) is 11.6. The van der Waals surface area contributed by atoms with Gasteiger partial charge in [-0.1, -0.05) is 31.4 Å². The van der Waals surface area contributed by atoms with Gasteiger partial charge in [0, 0.05) is 24.0 Å². The normalized spacial score (nSPS) is 10.3. The fourth-order valence-corrected chi connectivity index (χ4v) is 2.26. The first kappa shape index (κ1) is 18.0. The molecule has 0 aliphatic carbocycles. The Morgan fingerprint density at radius 1 is 1.25 bits per heavy atom. The van der Waals surface area contributed by atoms with Gasteiger partial charge in [-0.3, -0.25) is 4.79 Å². The lowest BCUT2D eigenvalue weighted by atomic mass is 10.2. The van der Waals surface area contributed by atoms with Gasteiger partial charge >= 0.3 is 0 Å². The molecule has 2 N–H and O–H groups in total. The predicted molar refractivity (Wildman–Crippen MR) is 96.0 cm³/mol. The molecule has 1 aromatic heterocycles. The number of carbonyl (C=O) groups excluding carboxylic acids is 1. The number of aromatic nitrogens is 2. The van der Waals surface area contributed by atoms with Gasteiger partial charge in [0.25, 0.3) is 5.91 Å². The van der Waals surface area contributed by atoms with Crippen molar-refractivity contribution >= 4 is 29.1 Å². The van der Waals surface area contributed by atoms with Crippen LogP contribution < -0.4 is 15.4 Å². The summed E-state index contributed by atoms with van der Waals surface area (Å²) in [5.41, 5.74) is 0.855. The van der Waals surface area contributed by atoms with E-state index in [2.05, 4.69) is 27.5 Å². The number of ether oxygens (including phenoxy) is 1. The zero-order chi connectivity index (χ0) is 17.4. The molecule has 1 amide bonds. The highest BCUT2D eigenvalue weighted by Crippen LogP contribution is 2.28. The van der Waals surface area contributed by atoms with Crippen LogP contribution in [0.1, 0.15) is 36.5 Å². The van der Waals surface area contributed by atoms with E-state index < -0.39 is 0 Å². The fourth-order valence-electron chi connectivity index (χ4n) is 2.08. The first-order valence-electron chi connectivity index (χ1n) is 7.85. The second-order valence-electron chi connectivity index (χ2n) is 5.23. The van der Waals surface area contributed by atoms with Gasteiger partial charge in [0.05, 0.1) is 18.4 Å². The Hall–Kier alpha value is -2.34. The van der Waals surface area contributed by atoms with Crippen molar-refractivity contribution in [1.82, 2.24) is 9.97 Å². The zero-order valence-corrected chi connectivity index (χ0v) is 14.6. The molecule has 0 atom stereocenters. The van der Waals surface area contributed by atoms with Gasteiger partial charge in [-0.05, 0) is 24.6 Å². The van der Waals surface area contributed by atoms with Crippen molar-refractivity contribution < 1.29 is 9.53 Å². The minimum absolute atomic E-state index is 0.326. The molecule has 0 saturated heterocycles. The van der Waals surface area contributed by atoms with Crippen molar-refractivity contribution in [2.75, 3.05) is 24.3 Å². The van der Waals surface area contributed by atoms with Crippen molar-refractivity contribution in [3.05, 3.63) is 41.2 Å². The molecule has 1 aromatic carbocycles. The van der Waals surface area contributed by atoms with Crippen LogP contribution in [0.4, 0.5) is 11.6 Å². The summed E-state index contributed by atoms with van der Waals surface area (Å²) in [6.07, 6.45) is 6.36. The van der Waals surface area contributed by atoms with E-state index in [0.717, 1.165) is 25.8 Å². The summed E-state index contributed by atoms with van der Waals surface area (Å²) < 4.78 is 5.21. The Balaban J connectivity index is 1.99. The summed E-state index contributed by atoms with van der Waals surface area (Å²) >= 11 is 5.96. The average molecular weight is 349 g/mol. The highest BCUT2D eigenvalue weighted by Gasteiger charge is 2.11. The number of nitrogens with zero attached hydrogens (tertiary/aromatic N) is 2. The quantitative estimate of drug-likeness (QED) is 0.705. The Morgan fingerprint density at radius 2 is 2.00 bits per heavy atom. The minimum Gasteiger partial charge on any atom is -0.495 e. The molecule has 0 radical (unpaired) electrons. The highest BCUT2D eigenvalue weighted by atomic mass is 35.5. The van der Waals surface area contributed by atoms with Gasteiger partial charge < -0.3 is 15.4 Å². The van der Waals surface area contributed by atoms with Crippen LogP contribution in [0, 0.1) is 0 Å². The standard InChI is InChI=1S/C17H21ClN4O2/c1-3-4-5-8-19-17-20-10-12(11-21-17)16(23)22-14-9-13(18)6-7-15(14)24-2/h6-7,9-11H,3-5,8H2,1-2H3,(H,22,23)(H,19,20,21). The largest absolute Gasteiger partial charge is 0.495 e. The number of rotatable bonds is 8. The Bertz CT molecular complexity index is 677. The maximum Gasteiger partial charge on any atom is 0.258 e. The Morgan fingerprint density at radius 3 is 2.67 bits per heavy atom. The molecule has 7 heteroatoms. The van der Waals surface area contributed by atoms with Gasteiger partial charge in [0.2, 0.25) is 5.95 Å². The number of unbranched alkanes of at least 4 members (excludes halogenated alkanes) is 2. The van der Waals surface area contributed by atoms with Gasteiger partial charge in [-0.2, -0.15) is 0 Å². The highest BCUT2D eigenvalue weighted by molar-refractivity contribution is 6.31. The smallest absolute Gasteiger partial charge is 0.258 e. The number of nitrogens with one attached hydrogen (secondary N) is 2. The van der Waals surface area contributed by atoms with E-state index in [0.29, 0.717) is 28.0 Å². The SMILES string of the molecule is CCCCCNc1ncc(C(=O)Nc2cc(Cl)ccc2OC)cn1. The molecule has 0 unspecified atom stereocenters. The third kappa shape index (κ3) is 5.09. The molecule has 1 heterocycles. The molecule has 0 aliphatic heterocycles. The molecule has 0 aliphatic rings. The lowest BCUT2D eigenvalue weighted by Gasteiger charge is -2.10. The van der Waals surface area contributed by atoms with Gasteiger partial charge in [-0.15, -0.1) is 0 Å². The predicted octanol–water partition coefficient (Wildman–Crippen LogP) is 3.99. The maximum atomic E-state index is 12.3. The number of amides is 1. The van der Waals surface area contributed by atoms with E-state index in [4.69, 9.17) is 16.3 Å². The molecule has 0 fully saturated rings. The van der Waals surface area contributed by atoms with Crippen molar-refractivity contribution in [3.8, 4) is 5.75 Å². The number of hydrogen-bond donors (Lipinski definition) is 2. The zero-order valence-electron chi connectivity index (χ0n) is 13.8. The molecule has 2 rings (SSSR count). The lowest BCUT2D eigenvalue weighted by molar-refractivity contribution is 0.102. The third-order valence-corrected chi connectivity index (χ3v) is 3.62.